The maximum Gasteiger partial charge on any atom is 0.232 e. The predicted molar refractivity (Wildman–Crippen MR) is 108 cm³/mol. The minimum absolute atomic E-state index is 0.286. The molecule has 1 unspecified atom stereocenters. The zero-order valence-corrected chi connectivity index (χ0v) is 16.2. The molecule has 4 rings (SSSR count). The average Bonchev–Trinajstić information content (AvgIpc) is 3.21. The molecule has 0 bridgehead atoms. The van der Waals surface area contributed by atoms with E-state index in [4.69, 9.17) is 4.74 Å². The van der Waals surface area contributed by atoms with Gasteiger partial charge in [-0.2, -0.15) is 5.26 Å². The molecule has 7 nitrogen and oxygen atoms in total. The van der Waals surface area contributed by atoms with E-state index in [1.807, 2.05) is 54.0 Å². The van der Waals surface area contributed by atoms with Crippen LogP contribution in [0.1, 0.15) is 27.7 Å². The number of carbonyl (C=O) groups is 1. The molecule has 1 aliphatic rings. The molecule has 7 heteroatoms. The van der Waals surface area contributed by atoms with Gasteiger partial charge in [-0.1, -0.05) is 48.0 Å². The first-order chi connectivity index (χ1) is 14.2. The highest BCUT2D eigenvalue weighted by Gasteiger charge is 2.31. The summed E-state index contributed by atoms with van der Waals surface area (Å²) < 4.78 is 7.25. The minimum atomic E-state index is -1.06. The molecule has 2 aromatic carbocycles. The Morgan fingerprint density at radius 2 is 1.76 bits per heavy atom. The summed E-state index contributed by atoms with van der Waals surface area (Å²) in [5, 5.41) is 18.5. The van der Waals surface area contributed by atoms with Crippen molar-refractivity contribution in [1.29, 1.82) is 5.26 Å². The molecule has 1 fully saturated rings. The number of aryl methyl sites for hydroxylation is 1. The van der Waals surface area contributed by atoms with Gasteiger partial charge in [0.15, 0.2) is 17.5 Å². The van der Waals surface area contributed by atoms with Gasteiger partial charge in [0.2, 0.25) is 5.95 Å². The number of nitrogens with zero attached hydrogens (tertiary/aromatic N) is 5. The van der Waals surface area contributed by atoms with Gasteiger partial charge in [-0.15, -0.1) is 10.2 Å². The Hall–Kier alpha value is -3.50. The van der Waals surface area contributed by atoms with Crippen molar-refractivity contribution in [3.05, 3.63) is 71.5 Å². The van der Waals surface area contributed by atoms with Gasteiger partial charge in [-0.25, -0.2) is 0 Å². The summed E-state index contributed by atoms with van der Waals surface area (Å²) in [6, 6.07) is 18.9. The van der Waals surface area contributed by atoms with E-state index in [0.29, 0.717) is 43.6 Å². The molecule has 146 valence electrons. The van der Waals surface area contributed by atoms with Crippen LogP contribution in [-0.2, 0) is 4.74 Å². The number of ketones is 1. The first kappa shape index (κ1) is 18.8. The van der Waals surface area contributed by atoms with E-state index in [0.717, 1.165) is 11.3 Å². The van der Waals surface area contributed by atoms with Gasteiger partial charge in [-0.3, -0.25) is 9.36 Å². The van der Waals surface area contributed by atoms with Crippen LogP contribution in [0.2, 0.25) is 0 Å². The fraction of sp³-hybridized carbons (Fsp3) is 0.273. The fourth-order valence-corrected chi connectivity index (χ4v) is 3.39. The highest BCUT2D eigenvalue weighted by molar-refractivity contribution is 6.02. The molecular formula is C22H21N5O2. The zero-order valence-electron chi connectivity index (χ0n) is 16.2. The molecule has 0 amide bonds. The van der Waals surface area contributed by atoms with Crippen molar-refractivity contribution in [2.75, 3.05) is 31.2 Å². The fourth-order valence-electron chi connectivity index (χ4n) is 3.39. The first-order valence-electron chi connectivity index (χ1n) is 9.53. The summed E-state index contributed by atoms with van der Waals surface area (Å²) in [5.41, 5.74) is 2.35. The normalized spacial score (nSPS) is 15.0. The lowest BCUT2D eigenvalue weighted by Crippen LogP contribution is -2.38. The van der Waals surface area contributed by atoms with E-state index < -0.39 is 5.92 Å². The number of para-hydroxylation sites is 1. The van der Waals surface area contributed by atoms with E-state index in [-0.39, 0.29) is 5.78 Å². The molecular weight excluding hydrogens is 366 g/mol. The van der Waals surface area contributed by atoms with Crippen LogP contribution in [0.4, 0.5) is 5.95 Å². The third kappa shape index (κ3) is 3.75. The Morgan fingerprint density at radius 3 is 2.41 bits per heavy atom. The smallest absolute Gasteiger partial charge is 0.232 e. The predicted octanol–water partition coefficient (Wildman–Crippen LogP) is 2.90. The third-order valence-electron chi connectivity index (χ3n) is 4.96. The van der Waals surface area contributed by atoms with Crippen molar-refractivity contribution in [3.8, 4) is 11.8 Å². The lowest BCUT2D eigenvalue weighted by Gasteiger charge is -2.28. The molecule has 1 atom stereocenters. The molecule has 0 spiro atoms. The van der Waals surface area contributed by atoms with Crippen molar-refractivity contribution in [2.24, 2.45) is 0 Å². The van der Waals surface area contributed by atoms with Crippen molar-refractivity contribution in [1.82, 2.24) is 14.8 Å². The lowest BCUT2D eigenvalue weighted by molar-refractivity contribution is 0.0975. The van der Waals surface area contributed by atoms with Crippen LogP contribution in [0.3, 0.4) is 0 Å². The third-order valence-corrected chi connectivity index (χ3v) is 4.96. The Bertz CT molecular complexity index is 1030. The van der Waals surface area contributed by atoms with Crippen molar-refractivity contribution < 1.29 is 9.53 Å². The van der Waals surface area contributed by atoms with Gasteiger partial charge in [0, 0.05) is 18.7 Å². The van der Waals surface area contributed by atoms with Gasteiger partial charge >= 0.3 is 0 Å². The van der Waals surface area contributed by atoms with E-state index in [1.165, 1.54) is 0 Å². The number of nitriles is 1. The van der Waals surface area contributed by atoms with Gasteiger partial charge in [0.1, 0.15) is 0 Å². The van der Waals surface area contributed by atoms with Crippen LogP contribution in [0, 0.1) is 18.3 Å². The highest BCUT2D eigenvalue weighted by Crippen LogP contribution is 2.27. The summed E-state index contributed by atoms with van der Waals surface area (Å²) in [6.07, 6.45) is 0. The van der Waals surface area contributed by atoms with Gasteiger partial charge in [0.25, 0.3) is 0 Å². The maximum atomic E-state index is 13.1. The second-order valence-electron chi connectivity index (χ2n) is 6.92. The monoisotopic (exact) mass is 387 g/mol. The SMILES string of the molecule is Cc1ccc(C(=O)C(C#N)c2nnc(N3CCOCC3)n2-c2ccccc2)cc1. The summed E-state index contributed by atoms with van der Waals surface area (Å²) in [4.78, 5) is 15.2. The Labute approximate surface area is 169 Å². The number of aromatic nitrogens is 3. The molecule has 1 aromatic heterocycles. The van der Waals surface area contributed by atoms with E-state index >= 15 is 0 Å². The zero-order chi connectivity index (χ0) is 20.2. The van der Waals surface area contributed by atoms with Gasteiger partial charge in [0.05, 0.1) is 25.0 Å². The van der Waals surface area contributed by atoms with Crippen molar-refractivity contribution >= 4 is 11.7 Å². The quantitative estimate of drug-likeness (QED) is 0.626. The Morgan fingerprint density at radius 1 is 1.07 bits per heavy atom. The standard InChI is InChI=1S/C22H21N5O2/c1-16-7-9-17(10-8-16)20(28)19(15-23)21-24-25-22(26-11-13-29-14-12-26)27(21)18-5-3-2-4-6-18/h2-10,19H,11-14H2,1H3. The molecule has 1 aliphatic heterocycles. The van der Waals surface area contributed by atoms with Gasteiger partial charge < -0.3 is 9.64 Å². The summed E-state index contributed by atoms with van der Waals surface area (Å²) in [6.45, 7) is 4.50. The van der Waals surface area contributed by atoms with Crippen LogP contribution >= 0.6 is 0 Å². The van der Waals surface area contributed by atoms with Gasteiger partial charge in [-0.05, 0) is 19.1 Å². The molecule has 29 heavy (non-hydrogen) atoms. The molecule has 1 saturated heterocycles. The minimum Gasteiger partial charge on any atom is -0.378 e. The largest absolute Gasteiger partial charge is 0.378 e. The number of Topliss-reactive ketones (excluding diaryl/α,β-unsaturated/α-hetero) is 1. The number of rotatable bonds is 5. The molecule has 2 heterocycles. The average molecular weight is 387 g/mol. The first-order valence-corrected chi connectivity index (χ1v) is 9.53. The number of anilines is 1. The molecule has 0 aliphatic carbocycles. The summed E-state index contributed by atoms with van der Waals surface area (Å²) in [7, 11) is 0. The molecule has 0 radical (unpaired) electrons. The number of hydrogen-bond acceptors (Lipinski definition) is 6. The highest BCUT2D eigenvalue weighted by atomic mass is 16.5. The van der Waals surface area contributed by atoms with E-state index in [2.05, 4.69) is 21.2 Å². The number of hydrogen-bond donors (Lipinski definition) is 0. The second kappa shape index (κ2) is 8.25. The maximum absolute atomic E-state index is 13.1. The molecule has 3 aromatic rings. The molecule has 0 N–H and O–H groups in total. The Kier molecular flexibility index (Phi) is 5.36. The van der Waals surface area contributed by atoms with Crippen LogP contribution in [0.5, 0.6) is 0 Å². The van der Waals surface area contributed by atoms with E-state index in [1.54, 1.807) is 12.1 Å². The summed E-state index contributed by atoms with van der Waals surface area (Å²) >= 11 is 0. The van der Waals surface area contributed by atoms with Crippen LogP contribution < -0.4 is 4.90 Å². The molecule has 0 saturated carbocycles. The van der Waals surface area contributed by atoms with Crippen LogP contribution in [0.25, 0.3) is 5.69 Å². The number of morpholine rings is 1. The van der Waals surface area contributed by atoms with Crippen LogP contribution in [-0.4, -0.2) is 46.9 Å². The van der Waals surface area contributed by atoms with Crippen molar-refractivity contribution in [3.63, 3.8) is 0 Å². The topological polar surface area (TPSA) is 84.0 Å². The number of benzene rings is 2. The summed E-state index contributed by atoms with van der Waals surface area (Å²) in [5.74, 6) is -0.400. The second-order valence-corrected chi connectivity index (χ2v) is 6.92. The number of carbonyl (C=O) groups excluding carboxylic acids is 1. The van der Waals surface area contributed by atoms with Crippen LogP contribution in [0.15, 0.2) is 54.6 Å². The number of ether oxygens (including phenoxy) is 1. The van der Waals surface area contributed by atoms with E-state index in [9.17, 15) is 10.1 Å². The van der Waals surface area contributed by atoms with Crippen molar-refractivity contribution in [2.45, 2.75) is 12.8 Å². The lowest BCUT2D eigenvalue weighted by atomic mass is 9.97. The Balaban J connectivity index is 1.79.